The lowest BCUT2D eigenvalue weighted by Gasteiger charge is -2.11. The Bertz CT molecular complexity index is 1020. The molecule has 1 aromatic heterocycles. The molecule has 0 aliphatic rings. The number of rotatable bonds is 7. The van der Waals surface area contributed by atoms with Crippen LogP contribution in [0.5, 0.6) is 5.75 Å². The van der Waals surface area contributed by atoms with Crippen molar-refractivity contribution < 1.29 is 4.74 Å². The summed E-state index contributed by atoms with van der Waals surface area (Å²) in [7, 11) is 0. The molecule has 2 N–H and O–H groups in total. The van der Waals surface area contributed by atoms with Gasteiger partial charge in [0.1, 0.15) is 5.75 Å². The Morgan fingerprint density at radius 1 is 0.963 bits per heavy atom. The van der Waals surface area contributed by atoms with E-state index < -0.39 is 0 Å². The first-order valence-electron chi connectivity index (χ1n) is 8.60. The van der Waals surface area contributed by atoms with Crippen LogP contribution in [0.1, 0.15) is 17.0 Å². The fourth-order valence-electron chi connectivity index (χ4n) is 2.88. The lowest BCUT2D eigenvalue weighted by Crippen LogP contribution is -2.12. The molecule has 0 aliphatic carbocycles. The van der Waals surface area contributed by atoms with Crippen LogP contribution in [0.4, 0.5) is 0 Å². The maximum atomic E-state index is 5.79. The number of ether oxygens (including phenoxy) is 1. The second-order valence-corrected chi connectivity index (χ2v) is 6.93. The normalized spacial score (nSPS) is 11.0. The number of benzene rings is 3. The molecule has 0 radical (unpaired) electrons. The molecule has 136 valence electrons. The molecule has 27 heavy (non-hydrogen) atoms. The Kier molecular flexibility index (Phi) is 5.41. The van der Waals surface area contributed by atoms with E-state index in [9.17, 15) is 0 Å². The lowest BCUT2D eigenvalue weighted by molar-refractivity contribution is 0.294. The van der Waals surface area contributed by atoms with Crippen LogP contribution in [-0.2, 0) is 19.7 Å². The Morgan fingerprint density at radius 2 is 1.81 bits per heavy atom. The Morgan fingerprint density at radius 3 is 2.63 bits per heavy atom. The number of tetrazole rings is 1. The highest BCUT2D eigenvalue weighted by Gasteiger charge is 2.08. The summed E-state index contributed by atoms with van der Waals surface area (Å²) in [5.74, 6) is 1.27. The number of aromatic nitrogens is 4. The number of nitrogens with one attached hydrogen (secondary N) is 2. The summed E-state index contributed by atoms with van der Waals surface area (Å²) >= 11 is 3.65. The molecular weight excluding hydrogens is 406 g/mol. The summed E-state index contributed by atoms with van der Waals surface area (Å²) in [6, 6.07) is 20.9. The number of halogens is 1. The van der Waals surface area contributed by atoms with Crippen LogP contribution in [0, 0.1) is 0 Å². The highest BCUT2D eigenvalue weighted by atomic mass is 79.9. The third-order valence-corrected chi connectivity index (χ3v) is 5.05. The van der Waals surface area contributed by atoms with Crippen molar-refractivity contribution in [1.82, 2.24) is 25.9 Å². The van der Waals surface area contributed by atoms with Gasteiger partial charge in [0.15, 0.2) is 6.61 Å². The van der Waals surface area contributed by atoms with Gasteiger partial charge in [-0.3, -0.25) is 0 Å². The van der Waals surface area contributed by atoms with Crippen LogP contribution in [0.3, 0.4) is 0 Å². The quantitative estimate of drug-likeness (QED) is 0.470. The van der Waals surface area contributed by atoms with Crippen LogP contribution < -0.4 is 10.1 Å². The van der Waals surface area contributed by atoms with E-state index in [4.69, 9.17) is 4.74 Å². The first kappa shape index (κ1) is 17.6. The average Bonchev–Trinajstić information content (AvgIpc) is 3.22. The lowest BCUT2D eigenvalue weighted by atomic mass is 10.1. The van der Waals surface area contributed by atoms with Gasteiger partial charge < -0.3 is 10.1 Å². The molecule has 6 nitrogen and oxygen atoms in total. The molecule has 7 heteroatoms. The predicted molar refractivity (Wildman–Crippen MR) is 107 cm³/mol. The van der Waals surface area contributed by atoms with Gasteiger partial charge in [-0.1, -0.05) is 53.7 Å². The smallest absolute Gasteiger partial charge is 0.211 e. The number of H-pyrrole nitrogens is 1. The van der Waals surface area contributed by atoms with Gasteiger partial charge in [-0.05, 0) is 50.0 Å². The molecule has 0 saturated heterocycles. The first-order chi connectivity index (χ1) is 13.3. The van der Waals surface area contributed by atoms with Gasteiger partial charge >= 0.3 is 0 Å². The Hall–Kier alpha value is -2.77. The summed E-state index contributed by atoms with van der Waals surface area (Å²) in [4.78, 5) is 0. The van der Waals surface area contributed by atoms with E-state index in [2.05, 4.69) is 90.4 Å². The first-order valence-corrected chi connectivity index (χ1v) is 9.40. The van der Waals surface area contributed by atoms with Gasteiger partial charge in [0.05, 0.1) is 4.47 Å². The third kappa shape index (κ3) is 4.32. The topological polar surface area (TPSA) is 75.7 Å². The van der Waals surface area contributed by atoms with Crippen LogP contribution in [0.15, 0.2) is 65.1 Å². The van der Waals surface area contributed by atoms with E-state index in [0.29, 0.717) is 5.82 Å². The number of hydrogen-bond donors (Lipinski definition) is 2. The molecule has 0 saturated carbocycles. The van der Waals surface area contributed by atoms with Crippen molar-refractivity contribution in [3.63, 3.8) is 0 Å². The van der Waals surface area contributed by atoms with Gasteiger partial charge in [-0.15, -0.1) is 10.2 Å². The van der Waals surface area contributed by atoms with Gasteiger partial charge in [0.2, 0.25) is 5.82 Å². The van der Waals surface area contributed by atoms with Crippen molar-refractivity contribution in [3.8, 4) is 5.75 Å². The van der Waals surface area contributed by atoms with E-state index >= 15 is 0 Å². The van der Waals surface area contributed by atoms with E-state index in [0.717, 1.165) is 34.1 Å². The molecule has 4 rings (SSSR count). The monoisotopic (exact) mass is 423 g/mol. The Labute approximate surface area is 165 Å². The second-order valence-electron chi connectivity index (χ2n) is 6.14. The molecule has 4 aromatic rings. The molecule has 3 aromatic carbocycles. The van der Waals surface area contributed by atoms with E-state index in [1.54, 1.807) is 0 Å². The molecule has 1 heterocycles. The van der Waals surface area contributed by atoms with Crippen LogP contribution in [-0.4, -0.2) is 20.6 Å². The van der Waals surface area contributed by atoms with Crippen molar-refractivity contribution in [1.29, 1.82) is 0 Å². The fraction of sp³-hybridized carbons (Fsp3) is 0.150. The minimum absolute atomic E-state index is 0.266. The number of aromatic amines is 1. The van der Waals surface area contributed by atoms with Crippen LogP contribution in [0.25, 0.3) is 10.8 Å². The Balaban J connectivity index is 1.44. The SMILES string of the molecule is Brc1c(OCc2nn[nH]n2)ccc2cc(CNCc3ccccc3)ccc12. The third-order valence-electron chi connectivity index (χ3n) is 4.23. The van der Waals surface area contributed by atoms with Crippen molar-refractivity contribution in [2.24, 2.45) is 0 Å². The zero-order valence-electron chi connectivity index (χ0n) is 14.5. The van der Waals surface area contributed by atoms with Crippen LogP contribution in [0.2, 0.25) is 0 Å². The summed E-state index contributed by atoms with van der Waals surface area (Å²) in [5, 5.41) is 19.5. The standard InChI is InChI=1S/C20H18BrN5O/c21-20-17-8-6-15(12-22-11-14-4-2-1-3-5-14)10-16(17)7-9-18(20)27-13-19-23-25-26-24-19/h1-10,22H,11-13H2,(H,23,24,25,26). The minimum Gasteiger partial charge on any atom is -0.484 e. The van der Waals surface area contributed by atoms with E-state index in [-0.39, 0.29) is 6.61 Å². The zero-order chi connectivity index (χ0) is 18.5. The van der Waals surface area contributed by atoms with Crippen molar-refractivity contribution >= 4 is 26.7 Å². The van der Waals surface area contributed by atoms with Crippen molar-refractivity contribution in [3.05, 3.63) is 82.1 Å². The number of nitrogens with zero attached hydrogens (tertiary/aromatic N) is 3. The average molecular weight is 424 g/mol. The van der Waals surface area contributed by atoms with Crippen molar-refractivity contribution in [2.45, 2.75) is 19.7 Å². The molecular formula is C20H18BrN5O. The summed E-state index contributed by atoms with van der Waals surface area (Å²) < 4.78 is 6.71. The largest absolute Gasteiger partial charge is 0.484 e. The second kappa shape index (κ2) is 8.28. The molecule has 0 bridgehead atoms. The van der Waals surface area contributed by atoms with E-state index in [1.807, 2.05) is 12.1 Å². The van der Waals surface area contributed by atoms with Crippen LogP contribution >= 0.6 is 15.9 Å². The summed E-state index contributed by atoms with van der Waals surface area (Å²) in [6.45, 7) is 1.94. The highest BCUT2D eigenvalue weighted by Crippen LogP contribution is 2.34. The molecule has 0 aliphatic heterocycles. The summed E-state index contributed by atoms with van der Waals surface area (Å²) in [5.41, 5.74) is 2.52. The molecule has 0 atom stereocenters. The zero-order valence-corrected chi connectivity index (χ0v) is 16.1. The molecule has 0 amide bonds. The van der Waals surface area contributed by atoms with Gasteiger partial charge in [-0.2, -0.15) is 5.21 Å². The van der Waals surface area contributed by atoms with Gasteiger partial charge in [-0.25, -0.2) is 0 Å². The fourth-order valence-corrected chi connectivity index (χ4v) is 3.48. The van der Waals surface area contributed by atoms with Gasteiger partial charge in [0, 0.05) is 13.1 Å². The molecule has 0 fully saturated rings. The van der Waals surface area contributed by atoms with Gasteiger partial charge in [0.25, 0.3) is 0 Å². The number of fused-ring (bicyclic) bond motifs is 1. The minimum atomic E-state index is 0.266. The maximum Gasteiger partial charge on any atom is 0.211 e. The van der Waals surface area contributed by atoms with Crippen molar-refractivity contribution in [2.75, 3.05) is 0 Å². The van der Waals surface area contributed by atoms with E-state index in [1.165, 1.54) is 11.1 Å². The number of hydrogen-bond acceptors (Lipinski definition) is 5. The maximum absolute atomic E-state index is 5.79. The highest BCUT2D eigenvalue weighted by molar-refractivity contribution is 9.10. The summed E-state index contributed by atoms with van der Waals surface area (Å²) in [6.07, 6.45) is 0. The molecule has 0 unspecified atom stereocenters. The predicted octanol–water partition coefficient (Wildman–Crippen LogP) is 3.98. The molecule has 0 spiro atoms.